The van der Waals surface area contributed by atoms with Crippen molar-refractivity contribution in [2.75, 3.05) is 26.2 Å². The van der Waals surface area contributed by atoms with E-state index < -0.39 is 11.3 Å². The summed E-state index contributed by atoms with van der Waals surface area (Å²) in [4.78, 5) is 29.6. The van der Waals surface area contributed by atoms with Crippen LogP contribution in [0, 0.1) is 5.92 Å². The average Bonchev–Trinajstić information content (AvgIpc) is 2.95. The summed E-state index contributed by atoms with van der Waals surface area (Å²) < 4.78 is 11.5. The Morgan fingerprint density at radius 1 is 1.17 bits per heavy atom. The van der Waals surface area contributed by atoms with Crippen molar-refractivity contribution in [2.24, 2.45) is 5.92 Å². The molecule has 30 heavy (non-hydrogen) atoms. The number of ketones is 1. The highest BCUT2D eigenvalue weighted by atomic mass is 35.5. The predicted molar refractivity (Wildman–Crippen MR) is 117 cm³/mol. The molecule has 0 unspecified atom stereocenters. The van der Waals surface area contributed by atoms with Crippen molar-refractivity contribution in [3.8, 4) is 0 Å². The molecule has 0 bridgehead atoms. The molecule has 6 nitrogen and oxygen atoms in total. The number of benzene rings is 1. The molecule has 0 spiro atoms. The maximum atomic E-state index is 12.8. The van der Waals surface area contributed by atoms with E-state index in [4.69, 9.17) is 21.1 Å². The molecule has 166 valence electrons. The van der Waals surface area contributed by atoms with E-state index in [1.165, 1.54) is 0 Å². The van der Waals surface area contributed by atoms with Crippen molar-refractivity contribution < 1.29 is 19.1 Å². The zero-order chi connectivity index (χ0) is 22.1. The Morgan fingerprint density at radius 2 is 1.77 bits per heavy atom. The molecular weight excluding hydrogens is 404 g/mol. The fourth-order valence-corrected chi connectivity index (χ4v) is 4.35. The Hall–Kier alpha value is -1.63. The van der Waals surface area contributed by atoms with Crippen molar-refractivity contribution >= 4 is 23.5 Å². The van der Waals surface area contributed by atoms with Crippen LogP contribution in [-0.2, 0) is 9.47 Å². The van der Waals surface area contributed by atoms with Gasteiger partial charge in [0.1, 0.15) is 11.3 Å². The second-order valence-corrected chi connectivity index (χ2v) is 10.1. The number of halogens is 1. The standard InChI is InChI=1S/C23H33ClN2O4/c1-22(2,3)30-21(28)26-19(15-29-23(26,4)5)14-25-12-10-17(11-13-25)20(27)16-6-8-18(24)9-7-16/h6-9,17,19H,10-15H2,1-5H3/t19-/m0/s1. The number of carbonyl (C=O) groups is 2. The molecule has 1 aromatic rings. The van der Waals surface area contributed by atoms with Gasteiger partial charge in [0.05, 0.1) is 12.6 Å². The summed E-state index contributed by atoms with van der Waals surface area (Å²) >= 11 is 5.93. The van der Waals surface area contributed by atoms with E-state index >= 15 is 0 Å². The number of ether oxygens (including phenoxy) is 2. The minimum absolute atomic E-state index is 0.0284. The van der Waals surface area contributed by atoms with Gasteiger partial charge in [-0.1, -0.05) is 11.6 Å². The SMILES string of the molecule is CC(C)(C)OC(=O)N1[C@@H](CN2CCC(C(=O)c3ccc(Cl)cc3)CC2)COC1(C)C. The second kappa shape index (κ2) is 8.85. The number of hydrogen-bond donors (Lipinski definition) is 0. The first-order valence-electron chi connectivity index (χ1n) is 10.6. The topological polar surface area (TPSA) is 59.1 Å². The second-order valence-electron chi connectivity index (χ2n) is 9.71. The Kier molecular flexibility index (Phi) is 6.80. The van der Waals surface area contributed by atoms with Crippen molar-refractivity contribution in [2.45, 2.75) is 64.8 Å². The maximum Gasteiger partial charge on any atom is 0.412 e. The Labute approximate surface area is 184 Å². The predicted octanol–water partition coefficient (Wildman–Crippen LogP) is 4.61. The molecule has 0 N–H and O–H groups in total. The summed E-state index contributed by atoms with van der Waals surface area (Å²) in [5.74, 6) is 0.215. The van der Waals surface area contributed by atoms with E-state index in [-0.39, 0.29) is 23.8 Å². The van der Waals surface area contributed by atoms with Gasteiger partial charge in [0.2, 0.25) is 0 Å². The summed E-state index contributed by atoms with van der Waals surface area (Å²) in [6.45, 7) is 12.2. The van der Waals surface area contributed by atoms with Gasteiger partial charge in [-0.25, -0.2) is 4.79 Å². The number of amides is 1. The maximum absolute atomic E-state index is 12.8. The summed E-state index contributed by atoms with van der Waals surface area (Å²) in [7, 11) is 0. The first-order valence-corrected chi connectivity index (χ1v) is 11.0. The zero-order valence-corrected chi connectivity index (χ0v) is 19.4. The highest BCUT2D eigenvalue weighted by molar-refractivity contribution is 6.30. The third-order valence-corrected chi connectivity index (χ3v) is 5.97. The van der Waals surface area contributed by atoms with E-state index in [0.29, 0.717) is 18.2 Å². The van der Waals surface area contributed by atoms with E-state index in [9.17, 15) is 9.59 Å². The van der Waals surface area contributed by atoms with Gasteiger partial charge in [0.15, 0.2) is 5.78 Å². The van der Waals surface area contributed by atoms with Crippen molar-refractivity contribution in [3.63, 3.8) is 0 Å². The average molecular weight is 437 g/mol. The van der Waals surface area contributed by atoms with Gasteiger partial charge < -0.3 is 14.4 Å². The first-order chi connectivity index (χ1) is 14.0. The van der Waals surface area contributed by atoms with Crippen LogP contribution in [0.15, 0.2) is 24.3 Å². The molecule has 2 aliphatic heterocycles. The van der Waals surface area contributed by atoms with Crippen LogP contribution in [0.5, 0.6) is 0 Å². The van der Waals surface area contributed by atoms with Crippen LogP contribution < -0.4 is 0 Å². The van der Waals surface area contributed by atoms with Gasteiger partial charge in [-0.2, -0.15) is 0 Å². The zero-order valence-electron chi connectivity index (χ0n) is 18.6. The number of likely N-dealkylation sites (tertiary alicyclic amines) is 1. The van der Waals surface area contributed by atoms with Crippen LogP contribution in [0.1, 0.15) is 57.8 Å². The Morgan fingerprint density at radius 3 is 2.33 bits per heavy atom. The Bertz CT molecular complexity index is 764. The first kappa shape index (κ1) is 23.0. The molecule has 7 heteroatoms. The quantitative estimate of drug-likeness (QED) is 0.645. The smallest absolute Gasteiger partial charge is 0.412 e. The lowest BCUT2D eigenvalue weighted by Gasteiger charge is -2.38. The highest BCUT2D eigenvalue weighted by Gasteiger charge is 2.46. The summed E-state index contributed by atoms with van der Waals surface area (Å²) in [5, 5.41) is 0.637. The lowest BCUT2D eigenvalue weighted by Crippen LogP contribution is -2.53. The third-order valence-electron chi connectivity index (χ3n) is 5.72. The molecule has 0 aliphatic carbocycles. The van der Waals surface area contributed by atoms with E-state index in [0.717, 1.165) is 31.5 Å². The monoisotopic (exact) mass is 436 g/mol. The normalized spacial score (nSPS) is 22.9. The molecular formula is C23H33ClN2O4. The molecule has 0 saturated carbocycles. The van der Waals surface area contributed by atoms with Gasteiger partial charge in [-0.3, -0.25) is 9.69 Å². The lowest BCUT2D eigenvalue weighted by molar-refractivity contribution is -0.0635. The van der Waals surface area contributed by atoms with Crippen molar-refractivity contribution in [1.82, 2.24) is 9.80 Å². The van der Waals surface area contributed by atoms with Crippen LogP contribution in [0.25, 0.3) is 0 Å². The molecule has 0 radical (unpaired) electrons. The molecule has 2 fully saturated rings. The van der Waals surface area contributed by atoms with Gasteiger partial charge in [0.25, 0.3) is 0 Å². The van der Waals surface area contributed by atoms with Crippen LogP contribution in [0.2, 0.25) is 5.02 Å². The third kappa shape index (κ3) is 5.54. The van der Waals surface area contributed by atoms with Gasteiger partial charge >= 0.3 is 6.09 Å². The molecule has 2 heterocycles. The molecule has 2 saturated heterocycles. The number of hydrogen-bond acceptors (Lipinski definition) is 5. The van der Waals surface area contributed by atoms with Crippen molar-refractivity contribution in [1.29, 1.82) is 0 Å². The number of nitrogens with zero attached hydrogens (tertiary/aromatic N) is 2. The highest BCUT2D eigenvalue weighted by Crippen LogP contribution is 2.31. The molecule has 2 aliphatic rings. The summed E-state index contributed by atoms with van der Waals surface area (Å²) in [5.41, 5.74) is -0.531. The number of piperidine rings is 1. The largest absolute Gasteiger partial charge is 0.444 e. The van der Waals surface area contributed by atoms with Crippen LogP contribution >= 0.6 is 11.6 Å². The summed E-state index contributed by atoms with van der Waals surface area (Å²) in [6.07, 6.45) is 1.28. The van der Waals surface area contributed by atoms with Crippen LogP contribution in [-0.4, -0.2) is 65.3 Å². The molecule has 3 rings (SSSR count). The number of Topliss-reactive ketones (excluding diaryl/α,β-unsaturated/α-hetero) is 1. The Balaban J connectivity index is 1.57. The molecule has 1 aromatic carbocycles. The minimum Gasteiger partial charge on any atom is -0.444 e. The van der Waals surface area contributed by atoms with E-state index in [1.807, 2.05) is 34.6 Å². The summed E-state index contributed by atoms with van der Waals surface area (Å²) in [6, 6.07) is 7.05. The van der Waals surface area contributed by atoms with E-state index in [1.54, 1.807) is 29.2 Å². The molecule has 0 aromatic heterocycles. The van der Waals surface area contributed by atoms with Gasteiger partial charge in [-0.05, 0) is 84.8 Å². The van der Waals surface area contributed by atoms with E-state index in [2.05, 4.69) is 4.90 Å². The fraction of sp³-hybridized carbons (Fsp3) is 0.652. The molecule has 1 amide bonds. The van der Waals surface area contributed by atoms with Crippen molar-refractivity contribution in [3.05, 3.63) is 34.9 Å². The minimum atomic E-state index is -0.699. The molecule has 1 atom stereocenters. The number of carbonyl (C=O) groups excluding carboxylic acids is 2. The lowest BCUT2D eigenvalue weighted by atomic mass is 9.89. The number of rotatable bonds is 4. The fourth-order valence-electron chi connectivity index (χ4n) is 4.22. The van der Waals surface area contributed by atoms with Crippen LogP contribution in [0.4, 0.5) is 4.79 Å². The van der Waals surface area contributed by atoms with Gasteiger partial charge in [-0.15, -0.1) is 0 Å². The van der Waals surface area contributed by atoms with Crippen LogP contribution in [0.3, 0.4) is 0 Å². The van der Waals surface area contributed by atoms with Gasteiger partial charge in [0, 0.05) is 23.0 Å².